The van der Waals surface area contributed by atoms with Crippen LogP contribution in [0.5, 0.6) is 0 Å². The first-order chi connectivity index (χ1) is 12.9. The summed E-state index contributed by atoms with van der Waals surface area (Å²) in [6.45, 7) is 4.13. The lowest BCUT2D eigenvalue weighted by molar-refractivity contribution is -0.120. The van der Waals surface area contributed by atoms with Gasteiger partial charge in [-0.15, -0.1) is 0 Å². The van der Waals surface area contributed by atoms with Crippen molar-refractivity contribution in [2.24, 2.45) is 5.92 Å². The highest BCUT2D eigenvalue weighted by Crippen LogP contribution is 2.12. The van der Waals surface area contributed by atoms with Crippen molar-refractivity contribution < 1.29 is 18.4 Å². The van der Waals surface area contributed by atoms with E-state index in [1.807, 2.05) is 44.2 Å². The molecule has 5 nitrogen and oxygen atoms in total. The number of hydrogen-bond donors (Lipinski definition) is 3. The molecule has 3 N–H and O–H groups in total. The molecule has 0 aliphatic rings. The molecular formula is C20H23F2N3O2. The van der Waals surface area contributed by atoms with E-state index in [-0.39, 0.29) is 24.1 Å². The number of carbonyl (C=O) groups is 2. The Morgan fingerprint density at radius 1 is 1.00 bits per heavy atom. The van der Waals surface area contributed by atoms with Crippen molar-refractivity contribution in [1.82, 2.24) is 10.6 Å². The van der Waals surface area contributed by atoms with Crippen LogP contribution in [-0.2, 0) is 4.79 Å². The third-order valence-electron chi connectivity index (χ3n) is 4.03. The summed E-state index contributed by atoms with van der Waals surface area (Å²) in [5.74, 6) is -2.66. The molecule has 0 saturated heterocycles. The molecule has 144 valence electrons. The van der Waals surface area contributed by atoms with E-state index in [1.165, 1.54) is 0 Å². The van der Waals surface area contributed by atoms with Crippen LogP contribution in [0.15, 0.2) is 48.5 Å². The average Bonchev–Trinajstić information content (AvgIpc) is 2.63. The van der Waals surface area contributed by atoms with Gasteiger partial charge in [0.1, 0.15) is 11.6 Å². The molecule has 0 heterocycles. The summed E-state index contributed by atoms with van der Waals surface area (Å²) < 4.78 is 26.4. The van der Waals surface area contributed by atoms with Gasteiger partial charge in [-0.25, -0.2) is 8.78 Å². The summed E-state index contributed by atoms with van der Waals surface area (Å²) in [7, 11) is 0. The van der Waals surface area contributed by atoms with Gasteiger partial charge in [0.2, 0.25) is 5.91 Å². The maximum absolute atomic E-state index is 13.6. The lowest BCUT2D eigenvalue weighted by atomic mass is 10.0. The van der Waals surface area contributed by atoms with Gasteiger partial charge in [-0.1, -0.05) is 32.0 Å². The van der Waals surface area contributed by atoms with Gasteiger partial charge in [0, 0.05) is 24.3 Å². The predicted molar refractivity (Wildman–Crippen MR) is 100 cm³/mol. The molecule has 0 spiro atoms. The number of hydrogen-bond acceptors (Lipinski definition) is 3. The second-order valence-electron chi connectivity index (χ2n) is 6.47. The summed E-state index contributed by atoms with van der Waals surface area (Å²) in [5.41, 5.74) is 0.639. The zero-order valence-corrected chi connectivity index (χ0v) is 15.3. The van der Waals surface area contributed by atoms with Crippen LogP contribution in [0.3, 0.4) is 0 Å². The summed E-state index contributed by atoms with van der Waals surface area (Å²) in [6, 6.07) is 12.3. The van der Waals surface area contributed by atoms with Crippen LogP contribution in [0.4, 0.5) is 14.5 Å². The fourth-order valence-electron chi connectivity index (χ4n) is 2.42. The van der Waals surface area contributed by atoms with Crippen LogP contribution >= 0.6 is 0 Å². The van der Waals surface area contributed by atoms with E-state index >= 15 is 0 Å². The van der Waals surface area contributed by atoms with Crippen LogP contribution in [0.25, 0.3) is 0 Å². The number of para-hydroxylation sites is 1. The van der Waals surface area contributed by atoms with E-state index in [9.17, 15) is 18.4 Å². The third kappa shape index (κ3) is 6.36. The van der Waals surface area contributed by atoms with Gasteiger partial charge in [-0.2, -0.15) is 0 Å². The number of halogens is 2. The Labute approximate surface area is 157 Å². The van der Waals surface area contributed by atoms with Crippen molar-refractivity contribution in [2.45, 2.75) is 19.9 Å². The van der Waals surface area contributed by atoms with Crippen LogP contribution in [-0.4, -0.2) is 30.9 Å². The van der Waals surface area contributed by atoms with Gasteiger partial charge >= 0.3 is 0 Å². The molecule has 0 aromatic heterocycles. The van der Waals surface area contributed by atoms with E-state index in [0.29, 0.717) is 12.6 Å². The molecule has 2 aromatic carbocycles. The number of benzene rings is 2. The molecule has 27 heavy (non-hydrogen) atoms. The number of anilines is 1. The van der Waals surface area contributed by atoms with Gasteiger partial charge in [-0.05, 0) is 30.2 Å². The summed E-state index contributed by atoms with van der Waals surface area (Å²) in [4.78, 5) is 23.9. The topological polar surface area (TPSA) is 70.2 Å². The lowest BCUT2D eigenvalue weighted by Gasteiger charge is -2.24. The quantitative estimate of drug-likeness (QED) is 0.664. The average molecular weight is 375 g/mol. The molecule has 0 aliphatic carbocycles. The second kappa shape index (κ2) is 9.66. The Kier molecular flexibility index (Phi) is 7.28. The molecule has 2 aromatic rings. The van der Waals surface area contributed by atoms with E-state index in [2.05, 4.69) is 16.0 Å². The Morgan fingerprint density at radius 2 is 1.70 bits per heavy atom. The minimum absolute atomic E-state index is 0.00148. The van der Waals surface area contributed by atoms with Crippen molar-refractivity contribution in [3.05, 3.63) is 65.7 Å². The van der Waals surface area contributed by atoms with Crippen LogP contribution < -0.4 is 16.0 Å². The fraction of sp³-hybridized carbons (Fsp3) is 0.300. The molecule has 7 heteroatoms. The third-order valence-corrected chi connectivity index (χ3v) is 4.03. The lowest BCUT2D eigenvalue weighted by Crippen LogP contribution is -2.43. The number of rotatable bonds is 8. The molecule has 1 unspecified atom stereocenters. The van der Waals surface area contributed by atoms with Crippen molar-refractivity contribution >= 4 is 17.5 Å². The van der Waals surface area contributed by atoms with E-state index in [0.717, 1.165) is 17.8 Å². The van der Waals surface area contributed by atoms with Crippen LogP contribution in [0, 0.1) is 17.6 Å². The Bertz CT molecular complexity index is 782. The standard InChI is InChI=1S/C20H23F2N3O2/c1-13(2)18(25-15-6-4-3-5-7-15)11-23-19(26)12-24-20(27)16-9-8-14(21)10-17(16)22/h3-10,13,18,25H,11-12H2,1-2H3,(H,23,26)(H,24,27). The largest absolute Gasteiger partial charge is 0.380 e. The normalized spacial score (nSPS) is 11.7. The molecule has 0 fully saturated rings. The minimum atomic E-state index is -0.972. The molecule has 1 atom stereocenters. The van der Waals surface area contributed by atoms with Crippen LogP contribution in [0.1, 0.15) is 24.2 Å². The molecule has 0 radical (unpaired) electrons. The predicted octanol–water partition coefficient (Wildman–Crippen LogP) is 2.95. The first-order valence-corrected chi connectivity index (χ1v) is 8.68. The maximum atomic E-state index is 13.6. The smallest absolute Gasteiger partial charge is 0.254 e. The molecule has 2 rings (SSSR count). The fourth-order valence-corrected chi connectivity index (χ4v) is 2.42. The highest BCUT2D eigenvalue weighted by molar-refractivity contribution is 5.96. The molecule has 0 aliphatic heterocycles. The monoisotopic (exact) mass is 375 g/mol. The maximum Gasteiger partial charge on any atom is 0.254 e. The SMILES string of the molecule is CC(C)C(CNC(=O)CNC(=O)c1ccc(F)cc1F)Nc1ccccc1. The van der Waals surface area contributed by atoms with Crippen molar-refractivity contribution in [2.75, 3.05) is 18.4 Å². The second-order valence-corrected chi connectivity index (χ2v) is 6.47. The van der Waals surface area contributed by atoms with Gasteiger partial charge < -0.3 is 16.0 Å². The first-order valence-electron chi connectivity index (χ1n) is 8.68. The number of amides is 2. The zero-order valence-electron chi connectivity index (χ0n) is 15.3. The Balaban J connectivity index is 1.82. The highest BCUT2D eigenvalue weighted by atomic mass is 19.1. The van der Waals surface area contributed by atoms with E-state index in [1.54, 1.807) is 0 Å². The molecule has 0 saturated carbocycles. The van der Waals surface area contributed by atoms with Crippen molar-refractivity contribution in [1.29, 1.82) is 0 Å². The Hall–Kier alpha value is -2.96. The minimum Gasteiger partial charge on any atom is -0.380 e. The number of carbonyl (C=O) groups excluding carboxylic acids is 2. The zero-order chi connectivity index (χ0) is 19.8. The van der Waals surface area contributed by atoms with Gasteiger partial charge in [0.25, 0.3) is 5.91 Å². The van der Waals surface area contributed by atoms with Crippen molar-refractivity contribution in [3.8, 4) is 0 Å². The summed E-state index contributed by atoms with van der Waals surface area (Å²) in [5, 5.41) is 8.42. The van der Waals surface area contributed by atoms with E-state index in [4.69, 9.17) is 0 Å². The van der Waals surface area contributed by atoms with Gasteiger partial charge in [-0.3, -0.25) is 9.59 Å². The highest BCUT2D eigenvalue weighted by Gasteiger charge is 2.16. The first kappa shape index (κ1) is 20.4. The summed E-state index contributed by atoms with van der Waals surface area (Å²) >= 11 is 0. The Morgan fingerprint density at radius 3 is 2.33 bits per heavy atom. The molecule has 0 bridgehead atoms. The summed E-state index contributed by atoms with van der Waals surface area (Å²) in [6.07, 6.45) is 0. The van der Waals surface area contributed by atoms with Gasteiger partial charge in [0.15, 0.2) is 0 Å². The van der Waals surface area contributed by atoms with Gasteiger partial charge in [0.05, 0.1) is 12.1 Å². The molecular weight excluding hydrogens is 352 g/mol. The van der Waals surface area contributed by atoms with Crippen LogP contribution in [0.2, 0.25) is 0 Å². The van der Waals surface area contributed by atoms with E-state index < -0.39 is 23.4 Å². The van der Waals surface area contributed by atoms with Crippen molar-refractivity contribution in [3.63, 3.8) is 0 Å². The number of nitrogens with one attached hydrogen (secondary N) is 3. The molecule has 2 amide bonds.